The van der Waals surface area contributed by atoms with Gasteiger partial charge in [0.15, 0.2) is 16.6 Å². The van der Waals surface area contributed by atoms with Gasteiger partial charge in [0.1, 0.15) is 12.2 Å². The maximum Gasteiger partial charge on any atom is 0.270 e. The number of amides is 2. The fourth-order valence-electron chi connectivity index (χ4n) is 2.81. The van der Waals surface area contributed by atoms with Gasteiger partial charge in [-0.15, -0.1) is 0 Å². The van der Waals surface area contributed by atoms with Crippen molar-refractivity contribution < 1.29 is 19.1 Å². The van der Waals surface area contributed by atoms with Gasteiger partial charge in [-0.25, -0.2) is 0 Å². The predicted octanol–water partition coefficient (Wildman–Crippen LogP) is 5.00. The summed E-state index contributed by atoms with van der Waals surface area (Å²) in [4.78, 5) is 26.9. The summed E-state index contributed by atoms with van der Waals surface area (Å²) in [5.74, 6) is -0.228. The summed E-state index contributed by atoms with van der Waals surface area (Å²) in [6.45, 7) is 3.94. The molecule has 0 spiro atoms. The molecule has 6 nitrogen and oxygen atoms in total. The Morgan fingerprint density at radius 2 is 2.00 bits per heavy atom. The van der Waals surface area contributed by atoms with E-state index in [1.807, 2.05) is 0 Å². The molecule has 1 heterocycles. The Bertz CT molecular complexity index is 1140. The number of hydrogen-bond acceptors (Lipinski definition) is 5. The lowest BCUT2D eigenvalue weighted by Crippen LogP contribution is -2.54. The summed E-state index contributed by atoms with van der Waals surface area (Å²) in [5.41, 5.74) is 0.769. The van der Waals surface area contributed by atoms with Crippen molar-refractivity contribution in [3.05, 3.63) is 67.7 Å². The minimum Gasteiger partial charge on any atom is -0.493 e. The molecule has 0 atom stereocenters. The molecule has 2 amide bonds. The van der Waals surface area contributed by atoms with Gasteiger partial charge in [-0.2, -0.15) is 0 Å². The maximum absolute atomic E-state index is 13.2. The summed E-state index contributed by atoms with van der Waals surface area (Å²) in [7, 11) is 1.50. The van der Waals surface area contributed by atoms with Crippen LogP contribution in [0.25, 0.3) is 6.08 Å². The second kappa shape index (κ2) is 9.99. The van der Waals surface area contributed by atoms with E-state index in [1.54, 1.807) is 30.3 Å². The van der Waals surface area contributed by atoms with E-state index in [-0.39, 0.29) is 15.7 Å². The number of rotatable bonds is 6. The van der Waals surface area contributed by atoms with Gasteiger partial charge in [0, 0.05) is 5.02 Å². The molecule has 10 heteroatoms. The van der Waals surface area contributed by atoms with Gasteiger partial charge in [0.25, 0.3) is 11.8 Å². The Morgan fingerprint density at radius 1 is 1.26 bits per heavy atom. The molecule has 0 saturated carbocycles. The van der Waals surface area contributed by atoms with Crippen LogP contribution in [0.4, 0.5) is 5.69 Å². The molecule has 1 aliphatic rings. The lowest BCUT2D eigenvalue weighted by Gasteiger charge is -2.29. The number of nitrogens with one attached hydrogen (secondary N) is 1. The van der Waals surface area contributed by atoms with E-state index in [0.717, 1.165) is 8.47 Å². The highest BCUT2D eigenvalue weighted by atomic mass is 127. The highest BCUT2D eigenvalue weighted by Crippen LogP contribution is 2.35. The van der Waals surface area contributed by atoms with Gasteiger partial charge in [0.2, 0.25) is 0 Å². The molecule has 2 aromatic rings. The topological polar surface area (TPSA) is 67.9 Å². The Balaban J connectivity index is 2.04. The molecule has 0 bridgehead atoms. The van der Waals surface area contributed by atoms with E-state index in [1.165, 1.54) is 19.3 Å². The number of ether oxygens (including phenoxy) is 2. The van der Waals surface area contributed by atoms with Crippen LogP contribution in [0.5, 0.6) is 11.5 Å². The number of hydrogen-bond donors (Lipinski definition) is 1. The first-order valence-corrected chi connectivity index (χ1v) is 11.0. The van der Waals surface area contributed by atoms with Crippen molar-refractivity contribution in [1.29, 1.82) is 0 Å². The standard InChI is InChI=1S/C21H15Cl2IN2O4S/c1-3-6-30-18-15(24)8-11(9-17(18)29-2)7-13-19(27)25-21(31)26(20(13)28)16-5-4-12(22)10-14(16)23/h3-5,7-10H,1,6H2,2H3,(H,25,27,31)/b13-7+. The van der Waals surface area contributed by atoms with Gasteiger partial charge < -0.3 is 9.47 Å². The zero-order valence-electron chi connectivity index (χ0n) is 16.1. The largest absolute Gasteiger partial charge is 0.493 e. The van der Waals surface area contributed by atoms with E-state index in [9.17, 15) is 9.59 Å². The first-order valence-electron chi connectivity index (χ1n) is 8.74. The van der Waals surface area contributed by atoms with Crippen LogP contribution in [0.3, 0.4) is 0 Å². The fraction of sp³-hybridized carbons (Fsp3) is 0.0952. The number of halogens is 3. The normalized spacial score (nSPS) is 15.2. The highest BCUT2D eigenvalue weighted by molar-refractivity contribution is 14.1. The van der Waals surface area contributed by atoms with Crippen LogP contribution in [0.15, 0.2) is 48.6 Å². The monoisotopic (exact) mass is 588 g/mol. The smallest absolute Gasteiger partial charge is 0.270 e. The Kier molecular flexibility index (Phi) is 7.58. The van der Waals surface area contributed by atoms with Crippen LogP contribution in [0, 0.1) is 3.57 Å². The van der Waals surface area contributed by atoms with Crippen molar-refractivity contribution in [2.75, 3.05) is 18.6 Å². The summed E-state index contributed by atoms with van der Waals surface area (Å²) in [5, 5.41) is 3.08. The number of carbonyl (C=O) groups excluding carboxylic acids is 2. The van der Waals surface area contributed by atoms with E-state index in [2.05, 4.69) is 34.5 Å². The minimum atomic E-state index is -0.614. The van der Waals surface area contributed by atoms with Crippen molar-refractivity contribution in [2.45, 2.75) is 0 Å². The van der Waals surface area contributed by atoms with Crippen molar-refractivity contribution >= 4 is 86.7 Å². The molecule has 1 N–H and O–H groups in total. The lowest BCUT2D eigenvalue weighted by atomic mass is 10.1. The van der Waals surface area contributed by atoms with Crippen LogP contribution >= 0.6 is 58.0 Å². The van der Waals surface area contributed by atoms with Crippen molar-refractivity contribution in [2.24, 2.45) is 0 Å². The third-order valence-electron chi connectivity index (χ3n) is 4.16. The number of nitrogens with zero attached hydrogens (tertiary/aromatic N) is 1. The first-order chi connectivity index (χ1) is 14.8. The van der Waals surface area contributed by atoms with Gasteiger partial charge in [-0.1, -0.05) is 35.9 Å². The molecule has 31 heavy (non-hydrogen) atoms. The third kappa shape index (κ3) is 5.03. The first kappa shape index (κ1) is 23.5. The number of carbonyl (C=O) groups is 2. The third-order valence-corrected chi connectivity index (χ3v) is 5.78. The van der Waals surface area contributed by atoms with Gasteiger partial charge in [0.05, 0.1) is 21.4 Å². The number of thiocarbonyl (C=S) groups is 1. The van der Waals surface area contributed by atoms with Crippen LogP contribution in [0.1, 0.15) is 5.56 Å². The molecule has 3 rings (SSSR count). The molecule has 0 radical (unpaired) electrons. The number of anilines is 1. The quantitative estimate of drug-likeness (QED) is 0.169. The Hall–Kier alpha value is -2.14. The number of benzene rings is 2. The lowest BCUT2D eigenvalue weighted by molar-refractivity contribution is -0.122. The molecule has 1 saturated heterocycles. The maximum atomic E-state index is 13.2. The second-order valence-electron chi connectivity index (χ2n) is 6.19. The van der Waals surface area contributed by atoms with Crippen molar-refractivity contribution in [3.8, 4) is 11.5 Å². The molecule has 0 unspecified atom stereocenters. The second-order valence-corrected chi connectivity index (χ2v) is 8.58. The number of methoxy groups -OCH3 is 1. The fourth-order valence-corrected chi connectivity index (χ4v) is 4.36. The molecule has 1 aliphatic heterocycles. The van der Waals surface area contributed by atoms with E-state index >= 15 is 0 Å². The van der Waals surface area contributed by atoms with Crippen LogP contribution in [0.2, 0.25) is 10.0 Å². The molecular weight excluding hydrogens is 574 g/mol. The zero-order chi connectivity index (χ0) is 22.7. The predicted molar refractivity (Wildman–Crippen MR) is 134 cm³/mol. The van der Waals surface area contributed by atoms with Gasteiger partial charge in [-0.3, -0.25) is 19.8 Å². The van der Waals surface area contributed by atoms with E-state index < -0.39 is 11.8 Å². The minimum absolute atomic E-state index is 0.0725. The summed E-state index contributed by atoms with van der Waals surface area (Å²) < 4.78 is 11.8. The summed E-state index contributed by atoms with van der Waals surface area (Å²) in [6, 6.07) is 8.06. The molecule has 0 aliphatic carbocycles. The van der Waals surface area contributed by atoms with Gasteiger partial charge in [-0.05, 0) is 76.8 Å². The van der Waals surface area contributed by atoms with Gasteiger partial charge >= 0.3 is 0 Å². The van der Waals surface area contributed by atoms with Crippen LogP contribution in [-0.2, 0) is 9.59 Å². The van der Waals surface area contributed by atoms with E-state index in [4.69, 9.17) is 44.9 Å². The SMILES string of the molecule is C=CCOc1c(I)cc(/C=C2\C(=O)NC(=S)N(c3ccc(Cl)cc3Cl)C2=O)cc1OC. The highest BCUT2D eigenvalue weighted by Gasteiger charge is 2.35. The molecule has 1 fully saturated rings. The molecule has 0 aromatic heterocycles. The summed E-state index contributed by atoms with van der Waals surface area (Å²) >= 11 is 19.5. The Morgan fingerprint density at radius 3 is 2.65 bits per heavy atom. The van der Waals surface area contributed by atoms with Crippen molar-refractivity contribution in [1.82, 2.24) is 5.32 Å². The molecule has 160 valence electrons. The zero-order valence-corrected chi connectivity index (χ0v) is 20.6. The summed E-state index contributed by atoms with van der Waals surface area (Å²) in [6.07, 6.45) is 3.08. The average Bonchev–Trinajstić information content (AvgIpc) is 2.71. The van der Waals surface area contributed by atoms with Crippen molar-refractivity contribution in [3.63, 3.8) is 0 Å². The van der Waals surface area contributed by atoms with Crippen LogP contribution in [-0.4, -0.2) is 30.6 Å². The van der Waals surface area contributed by atoms with Crippen LogP contribution < -0.4 is 19.7 Å². The average molecular weight is 589 g/mol. The Labute approximate surface area is 207 Å². The van der Waals surface area contributed by atoms with E-state index in [0.29, 0.717) is 34.4 Å². The molecular formula is C21H15Cl2IN2O4S. The molecule has 2 aromatic carbocycles.